The van der Waals surface area contributed by atoms with E-state index in [-0.39, 0.29) is 11.7 Å². The van der Waals surface area contributed by atoms with E-state index in [2.05, 4.69) is 0 Å². The number of ketones is 1. The zero-order chi connectivity index (χ0) is 8.55. The fourth-order valence-electron chi connectivity index (χ4n) is 1.63. The van der Waals surface area contributed by atoms with Crippen LogP contribution < -0.4 is 5.73 Å². The lowest BCUT2D eigenvalue weighted by Crippen LogP contribution is -2.27. The summed E-state index contributed by atoms with van der Waals surface area (Å²) in [5.41, 5.74) is 6.42. The number of hydrogen-bond donors (Lipinski definition) is 1. The van der Waals surface area contributed by atoms with Gasteiger partial charge in [0.1, 0.15) is 0 Å². The number of thiophene rings is 1. The Balaban J connectivity index is 2.35. The van der Waals surface area contributed by atoms with E-state index in [0.717, 1.165) is 18.4 Å². The second-order valence-corrected chi connectivity index (χ2v) is 4.09. The Bertz CT molecular complexity index is 305. The number of nitrogens with two attached hydrogens (primary N) is 1. The molecule has 1 atom stereocenters. The summed E-state index contributed by atoms with van der Waals surface area (Å²) in [6, 6.07) is 1.92. The topological polar surface area (TPSA) is 43.1 Å². The van der Waals surface area contributed by atoms with Gasteiger partial charge in [-0.15, -0.1) is 11.3 Å². The van der Waals surface area contributed by atoms with E-state index in [9.17, 15) is 4.79 Å². The Labute approximate surface area is 75.4 Å². The summed E-state index contributed by atoms with van der Waals surface area (Å²) in [7, 11) is 0. The van der Waals surface area contributed by atoms with Crippen molar-refractivity contribution < 1.29 is 4.79 Å². The first-order valence-electron chi connectivity index (χ1n) is 4.13. The van der Waals surface area contributed by atoms with E-state index in [1.54, 1.807) is 11.3 Å². The highest BCUT2D eigenvalue weighted by atomic mass is 32.1. The molecule has 1 aliphatic rings. The van der Waals surface area contributed by atoms with Gasteiger partial charge in [-0.05, 0) is 24.3 Å². The molecule has 1 aromatic rings. The smallest absolute Gasteiger partial charge is 0.168 e. The molecule has 0 amide bonds. The fraction of sp³-hybridized carbons (Fsp3) is 0.444. The van der Waals surface area contributed by atoms with Gasteiger partial charge in [0.2, 0.25) is 0 Å². The largest absolute Gasteiger partial charge is 0.330 e. The van der Waals surface area contributed by atoms with Crippen LogP contribution in [0.4, 0.5) is 0 Å². The van der Waals surface area contributed by atoms with Crippen molar-refractivity contribution in [2.75, 3.05) is 6.54 Å². The van der Waals surface area contributed by atoms with Gasteiger partial charge >= 0.3 is 0 Å². The third-order valence-electron chi connectivity index (χ3n) is 2.39. The van der Waals surface area contributed by atoms with Crippen molar-refractivity contribution in [2.45, 2.75) is 12.8 Å². The second kappa shape index (κ2) is 2.99. The number of Topliss-reactive ketones (excluding diaryl/α,β-unsaturated/α-hetero) is 1. The lowest BCUT2D eigenvalue weighted by atomic mass is 9.87. The van der Waals surface area contributed by atoms with Gasteiger partial charge in [-0.1, -0.05) is 0 Å². The summed E-state index contributed by atoms with van der Waals surface area (Å²) in [5.74, 6) is 0.326. The molecule has 0 saturated heterocycles. The highest BCUT2D eigenvalue weighted by molar-refractivity contribution is 7.10. The van der Waals surface area contributed by atoms with E-state index in [1.807, 2.05) is 11.4 Å². The van der Waals surface area contributed by atoms with E-state index in [4.69, 9.17) is 5.73 Å². The van der Waals surface area contributed by atoms with Crippen LogP contribution in [0, 0.1) is 5.92 Å². The molecule has 0 radical (unpaired) electrons. The number of rotatable bonds is 1. The molecule has 1 heterocycles. The van der Waals surface area contributed by atoms with Crippen LogP contribution in [0.5, 0.6) is 0 Å². The van der Waals surface area contributed by atoms with E-state index >= 15 is 0 Å². The van der Waals surface area contributed by atoms with Gasteiger partial charge in [0.05, 0.1) is 0 Å². The lowest BCUT2D eigenvalue weighted by molar-refractivity contribution is 0.0908. The average molecular weight is 181 g/mol. The number of carbonyl (C=O) groups is 1. The first-order chi connectivity index (χ1) is 5.83. The van der Waals surface area contributed by atoms with Crippen LogP contribution in [0.1, 0.15) is 21.7 Å². The minimum atomic E-state index is 0.0760. The van der Waals surface area contributed by atoms with Crippen LogP contribution in [0.3, 0.4) is 0 Å². The van der Waals surface area contributed by atoms with Crippen molar-refractivity contribution in [1.29, 1.82) is 0 Å². The first kappa shape index (κ1) is 7.95. The van der Waals surface area contributed by atoms with Crippen LogP contribution in [0.15, 0.2) is 11.4 Å². The van der Waals surface area contributed by atoms with Gasteiger partial charge in [-0.3, -0.25) is 4.79 Å². The van der Waals surface area contributed by atoms with Gasteiger partial charge in [0.15, 0.2) is 5.78 Å². The molecule has 2 rings (SSSR count). The molecule has 2 nitrogen and oxygen atoms in total. The zero-order valence-electron chi connectivity index (χ0n) is 6.75. The van der Waals surface area contributed by atoms with Crippen molar-refractivity contribution in [1.82, 2.24) is 0 Å². The summed E-state index contributed by atoms with van der Waals surface area (Å²) in [6.45, 7) is 0.494. The van der Waals surface area contributed by atoms with Crippen LogP contribution in [0.25, 0.3) is 0 Å². The maximum absolute atomic E-state index is 11.6. The molecule has 2 N–H and O–H groups in total. The molecule has 1 aromatic heterocycles. The van der Waals surface area contributed by atoms with Crippen LogP contribution in [-0.4, -0.2) is 12.3 Å². The van der Waals surface area contributed by atoms with E-state index in [0.29, 0.717) is 6.54 Å². The summed E-state index contributed by atoms with van der Waals surface area (Å²) in [5, 5.41) is 1.99. The molecular formula is C9H11NOS. The summed E-state index contributed by atoms with van der Waals surface area (Å²) >= 11 is 1.68. The maximum Gasteiger partial charge on any atom is 0.168 e. The second-order valence-electron chi connectivity index (χ2n) is 3.09. The molecule has 0 saturated carbocycles. The lowest BCUT2D eigenvalue weighted by Gasteiger charge is -2.18. The maximum atomic E-state index is 11.6. The highest BCUT2D eigenvalue weighted by Crippen LogP contribution is 2.28. The molecule has 0 fully saturated rings. The molecule has 3 heteroatoms. The van der Waals surface area contributed by atoms with Crippen molar-refractivity contribution in [3.05, 3.63) is 21.9 Å². The third kappa shape index (κ3) is 1.09. The minimum Gasteiger partial charge on any atom is -0.330 e. The molecule has 0 spiro atoms. The predicted octanol–water partition coefficient (Wildman–Crippen LogP) is 1.45. The molecule has 12 heavy (non-hydrogen) atoms. The Kier molecular flexibility index (Phi) is 1.98. The summed E-state index contributed by atoms with van der Waals surface area (Å²) in [4.78, 5) is 12.9. The quantitative estimate of drug-likeness (QED) is 0.712. The number of carbonyl (C=O) groups excluding carboxylic acids is 1. The fourth-order valence-corrected chi connectivity index (χ4v) is 2.53. The highest BCUT2D eigenvalue weighted by Gasteiger charge is 2.26. The molecule has 0 aliphatic heterocycles. The molecule has 1 unspecified atom stereocenters. The Morgan fingerprint density at radius 2 is 2.50 bits per heavy atom. The molecule has 64 valence electrons. The monoisotopic (exact) mass is 181 g/mol. The van der Waals surface area contributed by atoms with Gasteiger partial charge in [0, 0.05) is 22.9 Å². The van der Waals surface area contributed by atoms with Crippen molar-refractivity contribution >= 4 is 17.1 Å². The van der Waals surface area contributed by atoms with Gasteiger partial charge < -0.3 is 5.73 Å². The molecule has 0 aromatic carbocycles. The Hall–Kier alpha value is -0.670. The van der Waals surface area contributed by atoms with E-state index < -0.39 is 0 Å². The average Bonchev–Trinajstić information content (AvgIpc) is 2.53. The minimum absolute atomic E-state index is 0.0760. The number of fused-ring (bicyclic) bond motifs is 1. The summed E-state index contributed by atoms with van der Waals surface area (Å²) < 4.78 is 0. The predicted molar refractivity (Wildman–Crippen MR) is 49.5 cm³/mol. The molecule has 0 bridgehead atoms. The van der Waals surface area contributed by atoms with Crippen LogP contribution in [-0.2, 0) is 6.42 Å². The zero-order valence-corrected chi connectivity index (χ0v) is 7.56. The SMILES string of the molecule is NCC1CCc2sccc2C1=O. The van der Waals surface area contributed by atoms with Crippen LogP contribution >= 0.6 is 11.3 Å². The van der Waals surface area contributed by atoms with Crippen molar-refractivity contribution in [3.8, 4) is 0 Å². The summed E-state index contributed by atoms with van der Waals surface area (Å²) in [6.07, 6.45) is 1.96. The number of aryl methyl sites for hydroxylation is 1. The standard InChI is InChI=1S/C9H11NOS/c10-5-6-1-2-8-7(9(6)11)3-4-12-8/h3-4,6H,1-2,5,10H2. The van der Waals surface area contributed by atoms with Gasteiger partial charge in [-0.25, -0.2) is 0 Å². The first-order valence-corrected chi connectivity index (χ1v) is 5.01. The normalized spacial score (nSPS) is 22.4. The molecule has 1 aliphatic carbocycles. The third-order valence-corrected chi connectivity index (χ3v) is 3.37. The Morgan fingerprint density at radius 1 is 1.67 bits per heavy atom. The van der Waals surface area contributed by atoms with Gasteiger partial charge in [0.25, 0.3) is 0 Å². The Morgan fingerprint density at radius 3 is 3.25 bits per heavy atom. The van der Waals surface area contributed by atoms with Crippen molar-refractivity contribution in [2.24, 2.45) is 11.7 Å². The van der Waals surface area contributed by atoms with Crippen molar-refractivity contribution in [3.63, 3.8) is 0 Å². The number of hydrogen-bond acceptors (Lipinski definition) is 3. The molecular weight excluding hydrogens is 170 g/mol. The van der Waals surface area contributed by atoms with E-state index in [1.165, 1.54) is 4.88 Å². The van der Waals surface area contributed by atoms with Gasteiger partial charge in [-0.2, -0.15) is 0 Å². The van der Waals surface area contributed by atoms with Crippen LogP contribution in [0.2, 0.25) is 0 Å².